The largest absolute Gasteiger partial charge is 0.481 e. The minimum atomic E-state index is 0.676. The Morgan fingerprint density at radius 1 is 1.50 bits per heavy atom. The molecule has 1 heterocycles. The maximum absolute atomic E-state index is 4.93. The molecule has 0 bridgehead atoms. The molecule has 0 spiro atoms. The molecule has 1 aromatic rings. The van der Waals surface area contributed by atoms with Crippen LogP contribution in [0.15, 0.2) is 12.1 Å². The molecule has 10 heavy (non-hydrogen) atoms. The lowest BCUT2D eigenvalue weighted by atomic mass is 10.3. The molecule has 0 aliphatic heterocycles. The van der Waals surface area contributed by atoms with Gasteiger partial charge in [-0.1, -0.05) is 6.07 Å². The van der Waals surface area contributed by atoms with Crippen LogP contribution in [0.5, 0.6) is 5.88 Å². The first kappa shape index (κ1) is 7.78. The molecule has 0 amide bonds. The van der Waals surface area contributed by atoms with Crippen LogP contribution in [-0.4, -0.2) is 12.1 Å². The fourth-order valence-corrected chi connectivity index (χ4v) is 1.02. The molecule has 0 radical (unpaired) electrons. The topological polar surface area (TPSA) is 22.1 Å². The number of methoxy groups -OCH3 is 1. The normalized spacial score (nSPS) is 9.50. The van der Waals surface area contributed by atoms with E-state index in [9.17, 15) is 0 Å². The number of hydrogen-bond acceptors (Lipinski definition) is 2. The van der Waals surface area contributed by atoms with E-state index in [-0.39, 0.29) is 0 Å². The highest BCUT2D eigenvalue weighted by Gasteiger charge is 1.96. The van der Waals surface area contributed by atoms with Gasteiger partial charge < -0.3 is 4.74 Å². The third-order valence-electron chi connectivity index (χ3n) is 1.22. The lowest BCUT2D eigenvalue weighted by Crippen LogP contribution is -1.90. The van der Waals surface area contributed by atoms with E-state index in [1.54, 1.807) is 7.11 Å². The van der Waals surface area contributed by atoms with Gasteiger partial charge in [0.15, 0.2) is 0 Å². The van der Waals surface area contributed by atoms with Crippen LogP contribution in [0.2, 0.25) is 0 Å². The first-order valence-corrected chi connectivity index (χ1v) is 3.99. The molecule has 0 saturated carbocycles. The molecule has 3 heteroatoms. The number of ether oxygens (including phenoxy) is 1. The molecule has 0 atom stereocenters. The quantitative estimate of drug-likeness (QED) is 0.561. The molecule has 0 saturated heterocycles. The van der Waals surface area contributed by atoms with E-state index in [0.717, 1.165) is 3.70 Å². The summed E-state index contributed by atoms with van der Waals surface area (Å²) in [6.07, 6.45) is 0. The summed E-state index contributed by atoms with van der Waals surface area (Å²) in [7, 11) is 1.62. The van der Waals surface area contributed by atoms with Crippen LogP contribution < -0.4 is 4.74 Å². The van der Waals surface area contributed by atoms with E-state index >= 15 is 0 Å². The van der Waals surface area contributed by atoms with Gasteiger partial charge in [0.2, 0.25) is 5.88 Å². The summed E-state index contributed by atoms with van der Waals surface area (Å²) >= 11 is 2.18. The Hall–Kier alpha value is -0.320. The molecule has 1 aromatic heterocycles. The van der Waals surface area contributed by atoms with Gasteiger partial charge in [-0.25, -0.2) is 4.98 Å². The number of nitrogens with zero attached hydrogens (tertiary/aromatic N) is 1. The molecule has 2 nitrogen and oxygen atoms in total. The Balaban J connectivity index is 3.04. The molecule has 1 rings (SSSR count). The average Bonchev–Trinajstić information content (AvgIpc) is 1.95. The minimum Gasteiger partial charge on any atom is -0.481 e. The van der Waals surface area contributed by atoms with Crippen molar-refractivity contribution in [3.63, 3.8) is 0 Å². The number of pyridine rings is 1. The van der Waals surface area contributed by atoms with Crippen LogP contribution >= 0.6 is 22.6 Å². The zero-order valence-corrected chi connectivity index (χ0v) is 8.05. The summed E-state index contributed by atoms with van der Waals surface area (Å²) in [6.45, 7) is 2.02. The van der Waals surface area contributed by atoms with E-state index in [1.165, 1.54) is 5.56 Å². The fraction of sp³-hybridized carbons (Fsp3) is 0.286. The van der Waals surface area contributed by atoms with Gasteiger partial charge in [0.25, 0.3) is 0 Å². The highest BCUT2D eigenvalue weighted by Crippen LogP contribution is 2.12. The third-order valence-corrected chi connectivity index (χ3v) is 2.31. The predicted octanol–water partition coefficient (Wildman–Crippen LogP) is 2.00. The second kappa shape index (κ2) is 3.18. The van der Waals surface area contributed by atoms with E-state index in [1.807, 2.05) is 19.1 Å². The van der Waals surface area contributed by atoms with Gasteiger partial charge in [0, 0.05) is 6.07 Å². The number of aryl methyl sites for hydroxylation is 1. The van der Waals surface area contributed by atoms with Crippen molar-refractivity contribution in [1.82, 2.24) is 4.98 Å². The second-order valence-electron chi connectivity index (χ2n) is 1.96. The first-order chi connectivity index (χ1) is 4.74. The Morgan fingerprint density at radius 2 is 2.20 bits per heavy atom. The highest BCUT2D eigenvalue weighted by molar-refractivity contribution is 14.1. The molecule has 0 N–H and O–H groups in total. The van der Waals surface area contributed by atoms with Gasteiger partial charge in [-0.2, -0.15) is 0 Å². The van der Waals surface area contributed by atoms with Crippen molar-refractivity contribution < 1.29 is 4.74 Å². The summed E-state index contributed by atoms with van der Waals surface area (Å²) in [5, 5.41) is 0. The summed E-state index contributed by atoms with van der Waals surface area (Å²) in [5.74, 6) is 0.676. The first-order valence-electron chi connectivity index (χ1n) is 2.91. The Morgan fingerprint density at radius 3 is 2.70 bits per heavy atom. The SMILES string of the molecule is COc1ccc(C)c(I)n1. The lowest BCUT2D eigenvalue weighted by molar-refractivity contribution is 0.396. The van der Waals surface area contributed by atoms with Gasteiger partial charge in [-0.05, 0) is 35.1 Å². The van der Waals surface area contributed by atoms with Crippen LogP contribution in [0.1, 0.15) is 5.56 Å². The molecule has 54 valence electrons. The molecule has 0 fully saturated rings. The Kier molecular flexibility index (Phi) is 2.48. The van der Waals surface area contributed by atoms with Crippen molar-refractivity contribution in [2.24, 2.45) is 0 Å². The predicted molar refractivity (Wildman–Crippen MR) is 48.2 cm³/mol. The van der Waals surface area contributed by atoms with Crippen molar-refractivity contribution in [3.05, 3.63) is 21.4 Å². The average molecular weight is 249 g/mol. The maximum Gasteiger partial charge on any atom is 0.213 e. The second-order valence-corrected chi connectivity index (χ2v) is 2.98. The molecular weight excluding hydrogens is 241 g/mol. The van der Waals surface area contributed by atoms with Gasteiger partial charge in [0.05, 0.1) is 7.11 Å². The number of hydrogen-bond donors (Lipinski definition) is 0. The summed E-state index contributed by atoms with van der Waals surface area (Å²) in [4.78, 5) is 4.16. The van der Waals surface area contributed by atoms with Crippen molar-refractivity contribution in [3.8, 4) is 5.88 Å². The van der Waals surface area contributed by atoms with Crippen LogP contribution in [0.25, 0.3) is 0 Å². The van der Waals surface area contributed by atoms with Crippen LogP contribution in [0.3, 0.4) is 0 Å². The van der Waals surface area contributed by atoms with Gasteiger partial charge in [-0.3, -0.25) is 0 Å². The van der Waals surface area contributed by atoms with Crippen molar-refractivity contribution in [1.29, 1.82) is 0 Å². The molecule has 0 unspecified atom stereocenters. The standard InChI is InChI=1S/C7H8INO/c1-5-3-4-6(10-2)9-7(5)8/h3-4H,1-2H3. The van der Waals surface area contributed by atoms with Crippen molar-refractivity contribution in [2.75, 3.05) is 7.11 Å². The number of rotatable bonds is 1. The minimum absolute atomic E-state index is 0.676. The lowest BCUT2D eigenvalue weighted by Gasteiger charge is -1.99. The van der Waals surface area contributed by atoms with Crippen LogP contribution in [-0.2, 0) is 0 Å². The molecule has 0 aliphatic carbocycles. The van der Waals surface area contributed by atoms with Gasteiger partial charge >= 0.3 is 0 Å². The summed E-state index contributed by atoms with van der Waals surface area (Å²) < 4.78 is 5.93. The van der Waals surface area contributed by atoms with Gasteiger partial charge in [0.1, 0.15) is 3.70 Å². The van der Waals surface area contributed by atoms with E-state index in [4.69, 9.17) is 4.74 Å². The fourth-order valence-electron chi connectivity index (χ4n) is 0.601. The Bertz CT molecular complexity index is 237. The van der Waals surface area contributed by atoms with E-state index < -0.39 is 0 Å². The van der Waals surface area contributed by atoms with Crippen LogP contribution in [0, 0.1) is 10.6 Å². The van der Waals surface area contributed by atoms with E-state index in [0.29, 0.717) is 5.88 Å². The zero-order valence-electron chi connectivity index (χ0n) is 5.89. The van der Waals surface area contributed by atoms with Crippen molar-refractivity contribution in [2.45, 2.75) is 6.92 Å². The summed E-state index contributed by atoms with van der Waals surface area (Å²) in [5.41, 5.74) is 1.18. The molecule has 0 aliphatic rings. The third kappa shape index (κ3) is 1.59. The van der Waals surface area contributed by atoms with Crippen LogP contribution in [0.4, 0.5) is 0 Å². The van der Waals surface area contributed by atoms with Gasteiger partial charge in [-0.15, -0.1) is 0 Å². The monoisotopic (exact) mass is 249 g/mol. The van der Waals surface area contributed by atoms with Crippen molar-refractivity contribution >= 4 is 22.6 Å². The molecule has 0 aromatic carbocycles. The molecular formula is C7H8INO. The maximum atomic E-state index is 4.93. The van der Waals surface area contributed by atoms with E-state index in [2.05, 4.69) is 27.6 Å². The number of halogens is 1. The highest BCUT2D eigenvalue weighted by atomic mass is 127. The Labute approximate surface area is 73.8 Å². The number of aromatic nitrogens is 1. The smallest absolute Gasteiger partial charge is 0.213 e. The zero-order chi connectivity index (χ0) is 7.56. The summed E-state index contributed by atoms with van der Waals surface area (Å²) in [6, 6.07) is 3.85.